The lowest BCUT2D eigenvalue weighted by atomic mass is 10.2. The Morgan fingerprint density at radius 2 is 2.36 bits per heavy atom. The van der Waals surface area contributed by atoms with E-state index in [0.29, 0.717) is 0 Å². The Kier molecular flexibility index (Phi) is 3.43. The average molecular weight is 173 g/mol. The number of aryl methyl sites for hydroxylation is 2. The van der Waals surface area contributed by atoms with Gasteiger partial charge in [-0.1, -0.05) is 0 Å². The Hall–Kier alpha value is -0.500. The lowest BCUT2D eigenvalue weighted by molar-refractivity contribution is 0.714. The van der Waals surface area contributed by atoms with Crippen LogP contribution in [0.4, 0.5) is 0 Å². The number of hydrogen-bond donors (Lipinski definition) is 0. The van der Waals surface area contributed by atoms with Crippen molar-refractivity contribution in [1.29, 1.82) is 0 Å². The second-order valence-electron chi connectivity index (χ2n) is 2.63. The summed E-state index contributed by atoms with van der Waals surface area (Å²) in [6.45, 7) is 0. The summed E-state index contributed by atoms with van der Waals surface area (Å²) >= 11 is 5.55. The Morgan fingerprint density at radius 1 is 1.55 bits per heavy atom. The minimum Gasteiger partial charge on any atom is -0.276 e. The van der Waals surface area contributed by atoms with Crippen LogP contribution < -0.4 is 0 Å². The van der Waals surface area contributed by atoms with Crippen LogP contribution in [0.3, 0.4) is 0 Å². The molecule has 2 nitrogen and oxygen atoms in total. The molecule has 0 aliphatic heterocycles. The first kappa shape index (κ1) is 8.60. The molecule has 0 unspecified atom stereocenters. The summed E-state index contributed by atoms with van der Waals surface area (Å²) in [6.07, 6.45) is 5.24. The molecular formula is C8H13ClN2. The third kappa shape index (κ3) is 2.93. The van der Waals surface area contributed by atoms with Crippen molar-refractivity contribution in [2.75, 3.05) is 5.88 Å². The normalized spacial score (nSPS) is 10.4. The van der Waals surface area contributed by atoms with Crippen molar-refractivity contribution in [3.05, 3.63) is 18.0 Å². The molecule has 3 heteroatoms. The summed E-state index contributed by atoms with van der Waals surface area (Å²) in [5.41, 5.74) is 1.16. The third-order valence-corrected chi connectivity index (χ3v) is 1.85. The molecule has 11 heavy (non-hydrogen) atoms. The molecule has 0 saturated carbocycles. The molecule has 0 amide bonds. The Balaban J connectivity index is 2.27. The molecule has 1 aromatic rings. The van der Waals surface area contributed by atoms with Crippen LogP contribution in [-0.2, 0) is 13.5 Å². The zero-order valence-corrected chi connectivity index (χ0v) is 7.51. The minimum absolute atomic E-state index is 0.757. The van der Waals surface area contributed by atoms with Crippen LogP contribution in [0.2, 0.25) is 0 Å². The van der Waals surface area contributed by atoms with E-state index in [4.69, 9.17) is 11.6 Å². The highest BCUT2D eigenvalue weighted by Crippen LogP contribution is 2.01. The van der Waals surface area contributed by atoms with E-state index in [1.54, 1.807) is 0 Å². The first-order valence-corrected chi connectivity index (χ1v) is 4.41. The molecule has 0 fully saturated rings. The van der Waals surface area contributed by atoms with Gasteiger partial charge in [0.25, 0.3) is 0 Å². The van der Waals surface area contributed by atoms with E-state index in [-0.39, 0.29) is 0 Å². The average Bonchev–Trinajstić information content (AvgIpc) is 2.37. The van der Waals surface area contributed by atoms with Crippen LogP contribution in [0.25, 0.3) is 0 Å². The molecule has 0 N–H and O–H groups in total. The van der Waals surface area contributed by atoms with Crippen LogP contribution in [-0.4, -0.2) is 15.7 Å². The van der Waals surface area contributed by atoms with Crippen LogP contribution in [0, 0.1) is 0 Å². The van der Waals surface area contributed by atoms with E-state index < -0.39 is 0 Å². The summed E-state index contributed by atoms with van der Waals surface area (Å²) < 4.78 is 1.83. The SMILES string of the molecule is Cn1ccc(CCCCCl)n1. The van der Waals surface area contributed by atoms with Crippen molar-refractivity contribution in [3.63, 3.8) is 0 Å². The van der Waals surface area contributed by atoms with Gasteiger partial charge in [-0.05, 0) is 25.3 Å². The predicted octanol–water partition coefficient (Wildman–Crippen LogP) is 1.98. The topological polar surface area (TPSA) is 17.8 Å². The van der Waals surface area contributed by atoms with E-state index in [1.807, 2.05) is 24.0 Å². The van der Waals surface area contributed by atoms with Crippen LogP contribution in [0.1, 0.15) is 18.5 Å². The molecule has 1 rings (SSSR count). The van der Waals surface area contributed by atoms with Gasteiger partial charge in [-0.15, -0.1) is 11.6 Å². The van der Waals surface area contributed by atoms with Gasteiger partial charge in [-0.2, -0.15) is 5.10 Å². The van der Waals surface area contributed by atoms with Gasteiger partial charge in [0.2, 0.25) is 0 Å². The Morgan fingerprint density at radius 3 is 2.91 bits per heavy atom. The number of alkyl halides is 1. The second-order valence-corrected chi connectivity index (χ2v) is 3.00. The highest BCUT2D eigenvalue weighted by Gasteiger charge is 1.95. The van der Waals surface area contributed by atoms with Gasteiger partial charge in [0.15, 0.2) is 0 Å². The summed E-state index contributed by atoms with van der Waals surface area (Å²) in [4.78, 5) is 0. The first-order valence-electron chi connectivity index (χ1n) is 3.87. The van der Waals surface area contributed by atoms with Gasteiger partial charge in [0, 0.05) is 19.1 Å². The van der Waals surface area contributed by atoms with Gasteiger partial charge in [-0.3, -0.25) is 4.68 Å². The van der Waals surface area contributed by atoms with Gasteiger partial charge >= 0.3 is 0 Å². The number of aromatic nitrogens is 2. The van der Waals surface area contributed by atoms with Crippen molar-refractivity contribution in [2.24, 2.45) is 7.05 Å². The van der Waals surface area contributed by atoms with Gasteiger partial charge in [-0.25, -0.2) is 0 Å². The Labute approximate surface area is 72.2 Å². The maximum absolute atomic E-state index is 5.55. The van der Waals surface area contributed by atoms with Crippen molar-refractivity contribution in [3.8, 4) is 0 Å². The maximum atomic E-state index is 5.55. The van der Waals surface area contributed by atoms with E-state index >= 15 is 0 Å². The molecule has 1 aromatic heterocycles. The molecule has 0 aromatic carbocycles. The van der Waals surface area contributed by atoms with Crippen LogP contribution in [0.15, 0.2) is 12.3 Å². The highest BCUT2D eigenvalue weighted by atomic mass is 35.5. The van der Waals surface area contributed by atoms with Crippen LogP contribution >= 0.6 is 11.6 Å². The number of halogens is 1. The van der Waals surface area contributed by atoms with E-state index in [1.165, 1.54) is 0 Å². The molecule has 62 valence electrons. The van der Waals surface area contributed by atoms with Gasteiger partial charge in [0.1, 0.15) is 0 Å². The monoisotopic (exact) mass is 172 g/mol. The lowest BCUT2D eigenvalue weighted by Crippen LogP contribution is -1.91. The minimum atomic E-state index is 0.757. The van der Waals surface area contributed by atoms with E-state index in [2.05, 4.69) is 5.10 Å². The number of nitrogens with zero attached hydrogens (tertiary/aromatic N) is 2. The third-order valence-electron chi connectivity index (χ3n) is 1.59. The molecule has 0 aliphatic carbocycles. The van der Waals surface area contributed by atoms with Gasteiger partial charge in [0.05, 0.1) is 5.69 Å². The molecular weight excluding hydrogens is 160 g/mol. The highest BCUT2D eigenvalue weighted by molar-refractivity contribution is 6.17. The second kappa shape index (κ2) is 4.39. The standard InChI is InChI=1S/C8H13ClN2/c1-11-7-5-8(10-11)4-2-3-6-9/h5,7H,2-4,6H2,1H3. The fraction of sp³-hybridized carbons (Fsp3) is 0.625. The summed E-state index contributed by atoms with van der Waals surface area (Å²) in [5, 5.41) is 4.26. The first-order chi connectivity index (χ1) is 5.33. The maximum Gasteiger partial charge on any atom is 0.0624 e. The van der Waals surface area contributed by atoms with Crippen molar-refractivity contribution >= 4 is 11.6 Å². The quantitative estimate of drug-likeness (QED) is 0.502. The predicted molar refractivity (Wildman–Crippen MR) is 46.9 cm³/mol. The van der Waals surface area contributed by atoms with E-state index in [9.17, 15) is 0 Å². The molecule has 0 aliphatic rings. The zero-order valence-electron chi connectivity index (χ0n) is 6.76. The van der Waals surface area contributed by atoms with Crippen molar-refractivity contribution in [1.82, 2.24) is 9.78 Å². The molecule has 0 atom stereocenters. The largest absolute Gasteiger partial charge is 0.276 e. The summed E-state index contributed by atoms with van der Waals surface area (Å²) in [5.74, 6) is 0.757. The molecule has 0 radical (unpaired) electrons. The van der Waals surface area contributed by atoms with E-state index in [0.717, 1.165) is 30.8 Å². The molecule has 1 heterocycles. The molecule has 0 spiro atoms. The zero-order chi connectivity index (χ0) is 8.10. The lowest BCUT2D eigenvalue weighted by Gasteiger charge is -1.93. The van der Waals surface area contributed by atoms with Gasteiger partial charge < -0.3 is 0 Å². The van der Waals surface area contributed by atoms with Crippen molar-refractivity contribution in [2.45, 2.75) is 19.3 Å². The fourth-order valence-corrected chi connectivity index (χ4v) is 1.19. The smallest absolute Gasteiger partial charge is 0.0624 e. The number of hydrogen-bond acceptors (Lipinski definition) is 1. The number of unbranched alkanes of at least 4 members (excludes halogenated alkanes) is 1. The van der Waals surface area contributed by atoms with Crippen LogP contribution in [0.5, 0.6) is 0 Å². The fourth-order valence-electron chi connectivity index (χ4n) is 0.997. The molecule has 0 saturated heterocycles. The summed E-state index contributed by atoms with van der Waals surface area (Å²) in [6, 6.07) is 2.05. The summed E-state index contributed by atoms with van der Waals surface area (Å²) in [7, 11) is 1.94. The molecule has 0 bridgehead atoms. The number of rotatable bonds is 4. The van der Waals surface area contributed by atoms with Crippen molar-refractivity contribution < 1.29 is 0 Å². The Bertz CT molecular complexity index is 208.